The van der Waals surface area contributed by atoms with E-state index < -0.39 is 17.5 Å². The van der Waals surface area contributed by atoms with Crippen LogP contribution in [0.25, 0.3) is 0 Å². The Labute approximate surface area is 159 Å². The zero-order valence-electron chi connectivity index (χ0n) is 15.0. The van der Waals surface area contributed by atoms with Gasteiger partial charge in [-0.2, -0.15) is 0 Å². The molecule has 0 radical (unpaired) electrons. The van der Waals surface area contributed by atoms with Crippen LogP contribution in [0.5, 0.6) is 11.5 Å². The molecule has 0 saturated heterocycles. The lowest BCUT2D eigenvalue weighted by Gasteiger charge is -2.10. The van der Waals surface area contributed by atoms with Gasteiger partial charge in [0.15, 0.2) is 23.1 Å². The van der Waals surface area contributed by atoms with Crippen LogP contribution < -0.4 is 20.1 Å². The summed E-state index contributed by atoms with van der Waals surface area (Å²) in [5.74, 6) is -0.500. The molecule has 0 atom stereocenters. The number of benzene rings is 2. The van der Waals surface area contributed by atoms with Crippen LogP contribution in [0.15, 0.2) is 48.5 Å². The van der Waals surface area contributed by atoms with E-state index in [2.05, 4.69) is 20.8 Å². The molecule has 2 N–H and O–H groups in total. The summed E-state index contributed by atoms with van der Waals surface area (Å²) in [6.45, 7) is 0. The molecule has 1 amide bonds. The third-order valence-electron chi connectivity index (χ3n) is 3.75. The average Bonchev–Trinajstić information content (AvgIpc) is 2.70. The minimum Gasteiger partial charge on any atom is -0.493 e. The lowest BCUT2D eigenvalue weighted by molar-refractivity contribution is 0.102. The molecule has 2 aromatic carbocycles. The number of methoxy groups -OCH3 is 2. The van der Waals surface area contributed by atoms with Crippen LogP contribution in [0.3, 0.4) is 0 Å². The van der Waals surface area contributed by atoms with Gasteiger partial charge in [0, 0.05) is 11.6 Å². The molecule has 28 heavy (non-hydrogen) atoms. The number of amides is 1. The summed E-state index contributed by atoms with van der Waals surface area (Å²) in [7, 11) is 2.97. The van der Waals surface area contributed by atoms with E-state index in [1.54, 1.807) is 12.1 Å². The van der Waals surface area contributed by atoms with Crippen molar-refractivity contribution in [3.63, 3.8) is 0 Å². The molecule has 7 nitrogen and oxygen atoms in total. The van der Waals surface area contributed by atoms with Crippen LogP contribution in [-0.2, 0) is 0 Å². The van der Waals surface area contributed by atoms with Crippen molar-refractivity contribution in [2.75, 3.05) is 24.9 Å². The monoisotopic (exact) mass is 386 g/mol. The topological polar surface area (TPSA) is 85.4 Å². The van der Waals surface area contributed by atoms with E-state index in [1.165, 1.54) is 38.5 Å². The maximum atomic E-state index is 13.7. The maximum absolute atomic E-state index is 13.7. The summed E-state index contributed by atoms with van der Waals surface area (Å²) in [5.41, 5.74) is 0.396. The third-order valence-corrected chi connectivity index (χ3v) is 3.75. The summed E-state index contributed by atoms with van der Waals surface area (Å²) in [5, 5.41) is 13.0. The standard InChI is InChI=1S/C19H16F2N4O3/c1-27-15-6-3-11(9-16(15)28-2)19(26)23-18-8-7-17(24-25-18)22-14-5-4-12(20)10-13(14)21/h3-10H,1-2H3,(H,22,24)(H,23,25,26). The number of carbonyl (C=O) groups is 1. The fraction of sp³-hybridized carbons (Fsp3) is 0.105. The first-order chi connectivity index (χ1) is 13.5. The fourth-order valence-corrected chi connectivity index (χ4v) is 2.36. The predicted molar refractivity (Wildman–Crippen MR) is 99.2 cm³/mol. The molecule has 9 heteroatoms. The van der Waals surface area contributed by atoms with Crippen LogP contribution >= 0.6 is 0 Å². The van der Waals surface area contributed by atoms with Gasteiger partial charge >= 0.3 is 0 Å². The van der Waals surface area contributed by atoms with Gasteiger partial charge in [-0.1, -0.05) is 0 Å². The molecule has 0 spiro atoms. The Morgan fingerprint density at radius 1 is 0.893 bits per heavy atom. The summed E-state index contributed by atoms with van der Waals surface area (Å²) in [6, 6.07) is 10.9. The molecule has 3 aromatic rings. The number of halogens is 2. The van der Waals surface area contributed by atoms with Crippen LogP contribution in [0.4, 0.5) is 26.1 Å². The van der Waals surface area contributed by atoms with Crippen molar-refractivity contribution in [2.45, 2.75) is 0 Å². The molecule has 144 valence electrons. The highest BCUT2D eigenvalue weighted by Gasteiger charge is 2.12. The number of ether oxygens (including phenoxy) is 2. The van der Waals surface area contributed by atoms with Crippen LogP contribution in [0, 0.1) is 11.6 Å². The van der Waals surface area contributed by atoms with Crippen molar-refractivity contribution in [1.82, 2.24) is 10.2 Å². The van der Waals surface area contributed by atoms with E-state index in [4.69, 9.17) is 9.47 Å². The van der Waals surface area contributed by atoms with Gasteiger partial charge in [-0.25, -0.2) is 8.78 Å². The lowest BCUT2D eigenvalue weighted by Crippen LogP contribution is -2.13. The largest absolute Gasteiger partial charge is 0.493 e. The third kappa shape index (κ3) is 4.32. The molecule has 0 unspecified atom stereocenters. The predicted octanol–water partition coefficient (Wildman–Crippen LogP) is 3.77. The molecule has 0 aliphatic rings. The van der Waals surface area contributed by atoms with Gasteiger partial charge < -0.3 is 20.1 Å². The molecular formula is C19H16F2N4O3. The van der Waals surface area contributed by atoms with Gasteiger partial charge in [0.25, 0.3) is 5.91 Å². The minimum atomic E-state index is -0.757. The van der Waals surface area contributed by atoms with Crippen LogP contribution in [0.2, 0.25) is 0 Å². The van der Waals surface area contributed by atoms with E-state index in [-0.39, 0.29) is 17.3 Å². The van der Waals surface area contributed by atoms with E-state index in [0.29, 0.717) is 17.1 Å². The first kappa shape index (κ1) is 19.0. The number of carbonyl (C=O) groups excluding carboxylic acids is 1. The molecular weight excluding hydrogens is 370 g/mol. The molecule has 0 fully saturated rings. The summed E-state index contributed by atoms with van der Waals surface area (Å²) in [4.78, 5) is 12.4. The number of nitrogens with one attached hydrogen (secondary N) is 2. The van der Waals surface area contributed by atoms with Gasteiger partial charge in [-0.15, -0.1) is 10.2 Å². The van der Waals surface area contributed by atoms with Gasteiger partial charge in [-0.05, 0) is 42.5 Å². The van der Waals surface area contributed by atoms with E-state index in [0.717, 1.165) is 12.1 Å². The smallest absolute Gasteiger partial charge is 0.257 e. The molecule has 0 bridgehead atoms. The summed E-state index contributed by atoms with van der Waals surface area (Å²) in [6.07, 6.45) is 0. The highest BCUT2D eigenvalue weighted by Crippen LogP contribution is 2.28. The van der Waals surface area contributed by atoms with Crippen LogP contribution in [-0.4, -0.2) is 30.3 Å². The number of hydrogen-bond acceptors (Lipinski definition) is 6. The number of anilines is 3. The second-order valence-corrected chi connectivity index (χ2v) is 5.58. The Morgan fingerprint density at radius 3 is 2.25 bits per heavy atom. The normalized spacial score (nSPS) is 10.3. The van der Waals surface area contributed by atoms with E-state index >= 15 is 0 Å². The van der Waals surface area contributed by atoms with E-state index in [9.17, 15) is 13.6 Å². The van der Waals surface area contributed by atoms with Gasteiger partial charge in [0.2, 0.25) is 0 Å². The number of aromatic nitrogens is 2. The second-order valence-electron chi connectivity index (χ2n) is 5.58. The zero-order chi connectivity index (χ0) is 20.1. The highest BCUT2D eigenvalue weighted by atomic mass is 19.1. The van der Waals surface area contributed by atoms with Crippen molar-refractivity contribution in [3.8, 4) is 11.5 Å². The number of rotatable bonds is 6. The van der Waals surface area contributed by atoms with Crippen molar-refractivity contribution >= 4 is 23.2 Å². The molecule has 0 aliphatic carbocycles. The van der Waals surface area contributed by atoms with E-state index in [1.807, 2.05) is 0 Å². The van der Waals surface area contributed by atoms with Crippen molar-refractivity contribution in [1.29, 1.82) is 0 Å². The fourth-order valence-electron chi connectivity index (χ4n) is 2.36. The lowest BCUT2D eigenvalue weighted by atomic mass is 10.2. The van der Waals surface area contributed by atoms with Gasteiger partial charge in [0.05, 0.1) is 19.9 Å². The quantitative estimate of drug-likeness (QED) is 0.671. The Hall–Kier alpha value is -3.75. The molecule has 3 rings (SSSR count). The number of nitrogens with zero attached hydrogens (tertiary/aromatic N) is 2. The first-order valence-corrected chi connectivity index (χ1v) is 8.09. The number of hydrogen-bond donors (Lipinski definition) is 2. The summed E-state index contributed by atoms with van der Waals surface area (Å²) >= 11 is 0. The van der Waals surface area contributed by atoms with Crippen molar-refractivity contribution < 1.29 is 23.0 Å². The van der Waals surface area contributed by atoms with Gasteiger partial charge in [0.1, 0.15) is 11.6 Å². The molecule has 0 saturated carbocycles. The molecule has 1 aromatic heterocycles. The Morgan fingerprint density at radius 2 is 1.61 bits per heavy atom. The zero-order valence-corrected chi connectivity index (χ0v) is 15.0. The van der Waals surface area contributed by atoms with Crippen LogP contribution in [0.1, 0.15) is 10.4 Å². The minimum absolute atomic E-state index is 0.0535. The summed E-state index contributed by atoms with van der Waals surface area (Å²) < 4.78 is 36.9. The van der Waals surface area contributed by atoms with Crippen molar-refractivity contribution in [2.24, 2.45) is 0 Å². The highest BCUT2D eigenvalue weighted by molar-refractivity contribution is 6.04. The Kier molecular flexibility index (Phi) is 5.64. The SMILES string of the molecule is COc1ccc(C(=O)Nc2ccc(Nc3ccc(F)cc3F)nn2)cc1OC. The average molecular weight is 386 g/mol. The second kappa shape index (κ2) is 8.30. The first-order valence-electron chi connectivity index (χ1n) is 8.09. The molecule has 1 heterocycles. The molecule has 0 aliphatic heterocycles. The maximum Gasteiger partial charge on any atom is 0.257 e. The Bertz CT molecular complexity index is 997. The van der Waals surface area contributed by atoms with Gasteiger partial charge in [-0.3, -0.25) is 4.79 Å². The Balaban J connectivity index is 1.69. The van der Waals surface area contributed by atoms with Crippen molar-refractivity contribution in [3.05, 3.63) is 65.7 Å².